The molecule has 5 heteroatoms. The Kier molecular flexibility index (Phi) is 6.86. The minimum Gasteiger partial charge on any atom is -0.456 e. The molecule has 0 amide bonds. The highest BCUT2D eigenvalue weighted by molar-refractivity contribution is 6.27. The summed E-state index contributed by atoms with van der Waals surface area (Å²) in [5, 5.41) is 6.81. The third-order valence-electron chi connectivity index (χ3n) is 11.3. The maximum atomic E-state index is 6.50. The highest BCUT2D eigenvalue weighted by Gasteiger charge is 2.20. The first-order chi connectivity index (χ1) is 28.2. The summed E-state index contributed by atoms with van der Waals surface area (Å²) in [5.41, 5.74) is 13.6. The Balaban J connectivity index is 1.02. The van der Waals surface area contributed by atoms with Crippen LogP contribution >= 0.6 is 0 Å². The van der Waals surface area contributed by atoms with Crippen LogP contribution in [0, 0.1) is 0 Å². The molecule has 266 valence electrons. The average Bonchev–Trinajstić information content (AvgIpc) is 3.96. The first-order valence-corrected chi connectivity index (χ1v) is 19.1. The topological polar surface area (TPSA) is 57.0 Å². The van der Waals surface area contributed by atoms with Crippen molar-refractivity contribution in [1.82, 2.24) is 14.5 Å². The fourth-order valence-electron chi connectivity index (χ4n) is 8.59. The van der Waals surface area contributed by atoms with E-state index >= 15 is 0 Å². The summed E-state index contributed by atoms with van der Waals surface area (Å²) in [6.45, 7) is 0. The molecule has 0 N–H and O–H groups in total. The number of rotatable bonds is 5. The predicted molar refractivity (Wildman–Crippen MR) is 233 cm³/mol. The number of benzene rings is 8. The molecule has 12 rings (SSSR count). The molecule has 4 heterocycles. The van der Waals surface area contributed by atoms with Crippen LogP contribution < -0.4 is 0 Å². The van der Waals surface area contributed by atoms with Gasteiger partial charge in [-0.15, -0.1) is 0 Å². The van der Waals surface area contributed by atoms with E-state index in [2.05, 4.69) is 156 Å². The summed E-state index contributed by atoms with van der Waals surface area (Å²) in [6, 6.07) is 65.4. The van der Waals surface area contributed by atoms with Crippen molar-refractivity contribution in [3.8, 4) is 50.7 Å². The molecular weight excluding hydrogens is 699 g/mol. The van der Waals surface area contributed by atoms with Crippen LogP contribution in [0.4, 0.5) is 0 Å². The normalized spacial score (nSPS) is 11.9. The van der Waals surface area contributed by atoms with E-state index < -0.39 is 0 Å². The molecular formula is C52H31N3O2. The van der Waals surface area contributed by atoms with Crippen molar-refractivity contribution in [1.29, 1.82) is 0 Å². The molecule has 0 spiro atoms. The molecule has 0 unspecified atom stereocenters. The summed E-state index contributed by atoms with van der Waals surface area (Å²) >= 11 is 0. The number of furan rings is 2. The third kappa shape index (κ3) is 4.96. The highest BCUT2D eigenvalue weighted by atomic mass is 16.3. The van der Waals surface area contributed by atoms with E-state index in [0.29, 0.717) is 5.82 Å². The Morgan fingerprint density at radius 2 is 1.00 bits per heavy atom. The lowest BCUT2D eigenvalue weighted by atomic mass is 10.0. The largest absolute Gasteiger partial charge is 0.456 e. The van der Waals surface area contributed by atoms with Crippen LogP contribution in [-0.4, -0.2) is 14.5 Å². The van der Waals surface area contributed by atoms with Gasteiger partial charge in [-0.05, 0) is 65.7 Å². The lowest BCUT2D eigenvalue weighted by Gasteiger charge is -2.12. The monoisotopic (exact) mass is 729 g/mol. The van der Waals surface area contributed by atoms with Crippen LogP contribution in [0.15, 0.2) is 197 Å². The Morgan fingerprint density at radius 1 is 0.368 bits per heavy atom. The van der Waals surface area contributed by atoms with E-state index in [9.17, 15) is 0 Å². The molecule has 0 saturated carbocycles. The first-order valence-electron chi connectivity index (χ1n) is 19.1. The van der Waals surface area contributed by atoms with Crippen LogP contribution in [0.25, 0.3) is 116 Å². The van der Waals surface area contributed by atoms with Crippen LogP contribution in [-0.2, 0) is 0 Å². The predicted octanol–water partition coefficient (Wildman–Crippen LogP) is 14.0. The quantitative estimate of drug-likeness (QED) is 0.177. The lowest BCUT2D eigenvalue weighted by Crippen LogP contribution is -1.97. The summed E-state index contributed by atoms with van der Waals surface area (Å²) in [6.07, 6.45) is 0. The van der Waals surface area contributed by atoms with E-state index in [1.165, 1.54) is 16.3 Å². The number of nitrogens with zero attached hydrogens (tertiary/aromatic N) is 3. The molecule has 0 radical (unpaired) electrons. The molecule has 8 aromatic carbocycles. The number of hydrogen-bond donors (Lipinski definition) is 0. The van der Waals surface area contributed by atoms with Crippen LogP contribution in [0.5, 0.6) is 0 Å². The molecule has 12 aromatic rings. The van der Waals surface area contributed by atoms with E-state index in [0.717, 1.165) is 94.2 Å². The van der Waals surface area contributed by atoms with Gasteiger partial charge < -0.3 is 13.4 Å². The number of hydrogen-bond acceptors (Lipinski definition) is 4. The number of aromatic nitrogens is 3. The molecule has 0 aliphatic carbocycles. The molecule has 0 fully saturated rings. The van der Waals surface area contributed by atoms with Gasteiger partial charge in [0.05, 0.1) is 22.4 Å². The van der Waals surface area contributed by atoms with Crippen LogP contribution in [0.1, 0.15) is 0 Å². The maximum Gasteiger partial charge on any atom is 0.160 e. The van der Waals surface area contributed by atoms with Gasteiger partial charge in [0.2, 0.25) is 0 Å². The Labute approximate surface area is 326 Å². The summed E-state index contributed by atoms with van der Waals surface area (Å²) in [7, 11) is 0. The van der Waals surface area contributed by atoms with Crippen molar-refractivity contribution in [3.63, 3.8) is 0 Å². The van der Waals surface area contributed by atoms with Gasteiger partial charge in [-0.3, -0.25) is 0 Å². The summed E-state index contributed by atoms with van der Waals surface area (Å²) in [4.78, 5) is 10.4. The molecule has 0 bridgehead atoms. The van der Waals surface area contributed by atoms with Crippen molar-refractivity contribution >= 4 is 65.7 Å². The molecule has 57 heavy (non-hydrogen) atoms. The van der Waals surface area contributed by atoms with Gasteiger partial charge in [-0.2, -0.15) is 0 Å². The van der Waals surface area contributed by atoms with Crippen LogP contribution in [0.3, 0.4) is 0 Å². The van der Waals surface area contributed by atoms with Gasteiger partial charge >= 0.3 is 0 Å². The Morgan fingerprint density at radius 3 is 1.82 bits per heavy atom. The Hall–Kier alpha value is -7.76. The number of para-hydroxylation sites is 4. The SMILES string of the molecule is c1ccc(-c2ccc(-c3nc(-c4ccc(-n5c6ccccc6c6c7c(ccc65)oc5ccccc57)cc4)cc(-c4cccc5c4oc4ccccc45)n3)cc2)cc1. The van der Waals surface area contributed by atoms with Gasteiger partial charge in [0.15, 0.2) is 5.82 Å². The fourth-order valence-corrected chi connectivity index (χ4v) is 8.59. The zero-order valence-electron chi connectivity index (χ0n) is 30.6. The second-order valence-corrected chi connectivity index (χ2v) is 14.5. The van der Waals surface area contributed by atoms with E-state index in [-0.39, 0.29) is 0 Å². The minimum atomic E-state index is 0.651. The van der Waals surface area contributed by atoms with Crippen molar-refractivity contribution < 1.29 is 8.83 Å². The van der Waals surface area contributed by atoms with Gasteiger partial charge in [-0.1, -0.05) is 133 Å². The average molecular weight is 730 g/mol. The first kappa shape index (κ1) is 31.6. The molecule has 0 atom stereocenters. The zero-order valence-corrected chi connectivity index (χ0v) is 30.6. The second-order valence-electron chi connectivity index (χ2n) is 14.5. The molecule has 0 aliphatic heterocycles. The molecule has 5 nitrogen and oxygen atoms in total. The van der Waals surface area contributed by atoms with Gasteiger partial charge in [0.25, 0.3) is 0 Å². The van der Waals surface area contributed by atoms with Crippen LogP contribution in [0.2, 0.25) is 0 Å². The Bertz CT molecular complexity index is 3500. The summed E-state index contributed by atoms with van der Waals surface area (Å²) < 4.78 is 15.2. The summed E-state index contributed by atoms with van der Waals surface area (Å²) in [5.74, 6) is 0.651. The van der Waals surface area contributed by atoms with Gasteiger partial charge in [0.1, 0.15) is 22.3 Å². The standard InChI is InChI=1S/C52H31N3O2/c1-2-11-32(12-3-1)33-21-23-35(24-22-33)52-53-42(31-43(54-52)39-17-10-16-38-37-13-5-8-19-46(37)57-51(38)39)34-25-27-36(28-26-34)55-44-18-7-4-14-40(44)49-45(55)29-30-48-50(49)41-15-6-9-20-47(41)56-48/h1-31H. The fraction of sp³-hybridized carbons (Fsp3) is 0. The van der Waals surface area contributed by atoms with E-state index in [4.69, 9.17) is 18.8 Å². The molecule has 0 aliphatic rings. The highest BCUT2D eigenvalue weighted by Crippen LogP contribution is 2.42. The second kappa shape index (κ2) is 12.4. The van der Waals surface area contributed by atoms with Crippen molar-refractivity contribution in [3.05, 3.63) is 188 Å². The van der Waals surface area contributed by atoms with Crippen molar-refractivity contribution in [2.45, 2.75) is 0 Å². The lowest BCUT2D eigenvalue weighted by molar-refractivity contribution is 0.669. The molecule has 4 aromatic heterocycles. The molecule has 0 saturated heterocycles. The van der Waals surface area contributed by atoms with Gasteiger partial charge in [-0.25, -0.2) is 9.97 Å². The maximum absolute atomic E-state index is 6.50. The van der Waals surface area contributed by atoms with Gasteiger partial charge in [0, 0.05) is 54.7 Å². The van der Waals surface area contributed by atoms with E-state index in [1.54, 1.807) is 0 Å². The smallest absolute Gasteiger partial charge is 0.160 e. The minimum absolute atomic E-state index is 0.651. The van der Waals surface area contributed by atoms with Crippen molar-refractivity contribution in [2.24, 2.45) is 0 Å². The van der Waals surface area contributed by atoms with E-state index in [1.807, 2.05) is 36.4 Å². The number of fused-ring (bicyclic) bond motifs is 10. The third-order valence-corrected chi connectivity index (χ3v) is 11.3. The zero-order chi connectivity index (χ0) is 37.5. The van der Waals surface area contributed by atoms with Crippen molar-refractivity contribution in [2.75, 3.05) is 0 Å².